The number of aromatic nitrogens is 1. The maximum Gasteiger partial charge on any atom is 0.0640 e. The Morgan fingerprint density at radius 2 is 2.20 bits per heavy atom. The van der Waals surface area contributed by atoms with Crippen LogP contribution in [0, 0.1) is 11.3 Å². The van der Waals surface area contributed by atoms with Gasteiger partial charge in [-0.3, -0.25) is 4.98 Å². The largest absolute Gasteiger partial charge is 0.397 e. The van der Waals surface area contributed by atoms with Crippen LogP contribution in [0.25, 0.3) is 0 Å². The quantitative estimate of drug-likeness (QED) is 0.854. The number of hydrogen-bond donors (Lipinski definition) is 1. The lowest BCUT2D eigenvalue weighted by Gasteiger charge is -2.25. The molecule has 0 amide bonds. The first-order valence-electron chi connectivity index (χ1n) is 6.26. The SMILES string of the molecule is N#CCCN(Cc1cccnc1)c1cc(Br)ccc1N. The van der Waals surface area contributed by atoms with Crippen molar-refractivity contribution >= 4 is 27.3 Å². The van der Waals surface area contributed by atoms with Crippen LogP contribution in [0.3, 0.4) is 0 Å². The van der Waals surface area contributed by atoms with Crippen molar-refractivity contribution in [1.29, 1.82) is 5.26 Å². The summed E-state index contributed by atoms with van der Waals surface area (Å²) < 4.78 is 0.967. The van der Waals surface area contributed by atoms with Crippen molar-refractivity contribution in [2.24, 2.45) is 0 Å². The van der Waals surface area contributed by atoms with E-state index in [1.165, 1.54) is 0 Å². The van der Waals surface area contributed by atoms with Gasteiger partial charge in [-0.15, -0.1) is 0 Å². The third-order valence-electron chi connectivity index (χ3n) is 2.92. The Morgan fingerprint density at radius 3 is 2.90 bits per heavy atom. The first kappa shape index (κ1) is 14.4. The van der Waals surface area contributed by atoms with E-state index in [1.54, 1.807) is 6.20 Å². The van der Waals surface area contributed by atoms with Crippen molar-refractivity contribution in [3.05, 3.63) is 52.8 Å². The molecule has 2 aromatic rings. The number of pyridine rings is 1. The Morgan fingerprint density at radius 1 is 1.35 bits per heavy atom. The number of halogens is 1. The number of benzene rings is 1. The molecular formula is C15H15BrN4. The highest BCUT2D eigenvalue weighted by atomic mass is 79.9. The van der Waals surface area contributed by atoms with Crippen LogP contribution >= 0.6 is 15.9 Å². The topological polar surface area (TPSA) is 65.9 Å². The summed E-state index contributed by atoms with van der Waals surface area (Å²) in [7, 11) is 0. The Bertz CT molecular complexity index is 607. The van der Waals surface area contributed by atoms with E-state index in [1.807, 2.05) is 36.5 Å². The smallest absolute Gasteiger partial charge is 0.0640 e. The van der Waals surface area contributed by atoms with Gasteiger partial charge in [-0.1, -0.05) is 22.0 Å². The monoisotopic (exact) mass is 330 g/mol. The summed E-state index contributed by atoms with van der Waals surface area (Å²) in [5.41, 5.74) is 8.78. The van der Waals surface area contributed by atoms with Crippen LogP contribution in [-0.2, 0) is 6.54 Å². The maximum absolute atomic E-state index is 8.82. The minimum Gasteiger partial charge on any atom is -0.397 e. The van der Waals surface area contributed by atoms with Crippen molar-refractivity contribution in [3.63, 3.8) is 0 Å². The molecule has 0 fully saturated rings. The molecule has 102 valence electrons. The van der Waals surface area contributed by atoms with Gasteiger partial charge in [0.05, 0.1) is 23.9 Å². The third kappa shape index (κ3) is 3.72. The average molecular weight is 331 g/mol. The van der Waals surface area contributed by atoms with Crippen molar-refractivity contribution in [2.75, 3.05) is 17.2 Å². The number of nitrogens with zero attached hydrogens (tertiary/aromatic N) is 3. The molecule has 0 atom stereocenters. The van der Waals surface area contributed by atoms with Crippen LogP contribution in [-0.4, -0.2) is 11.5 Å². The lowest BCUT2D eigenvalue weighted by Crippen LogP contribution is -2.24. The van der Waals surface area contributed by atoms with Gasteiger partial charge in [0.25, 0.3) is 0 Å². The Hall–Kier alpha value is -2.06. The maximum atomic E-state index is 8.82. The summed E-state index contributed by atoms with van der Waals surface area (Å²) in [6.45, 7) is 1.31. The van der Waals surface area contributed by atoms with E-state index in [2.05, 4.69) is 31.9 Å². The summed E-state index contributed by atoms with van der Waals surface area (Å²) in [6.07, 6.45) is 4.02. The minimum absolute atomic E-state index is 0.451. The van der Waals surface area contributed by atoms with Crippen molar-refractivity contribution in [1.82, 2.24) is 4.98 Å². The standard InChI is InChI=1S/C15H15BrN4/c16-13-4-5-14(18)15(9-13)20(8-2-6-17)11-12-3-1-7-19-10-12/h1,3-5,7,9-10H,2,8,11,18H2. The van der Waals surface area contributed by atoms with Gasteiger partial charge < -0.3 is 10.6 Å². The summed E-state index contributed by atoms with van der Waals surface area (Å²) in [5, 5.41) is 8.82. The van der Waals surface area contributed by atoms with Crippen LogP contribution in [0.15, 0.2) is 47.2 Å². The second kappa shape index (κ2) is 6.92. The lowest BCUT2D eigenvalue weighted by molar-refractivity contribution is 0.796. The molecule has 2 N–H and O–H groups in total. The molecule has 1 heterocycles. The van der Waals surface area contributed by atoms with E-state index in [4.69, 9.17) is 11.0 Å². The molecule has 0 unspecified atom stereocenters. The summed E-state index contributed by atoms with van der Waals surface area (Å²) in [4.78, 5) is 6.22. The number of nitrogens with two attached hydrogens (primary N) is 1. The fourth-order valence-electron chi connectivity index (χ4n) is 1.97. The molecular weight excluding hydrogens is 316 g/mol. The van der Waals surface area contributed by atoms with E-state index in [0.717, 1.165) is 15.7 Å². The number of anilines is 2. The predicted octanol–water partition coefficient (Wildman–Crippen LogP) is 3.35. The highest BCUT2D eigenvalue weighted by Gasteiger charge is 2.11. The number of hydrogen-bond acceptors (Lipinski definition) is 4. The Balaban J connectivity index is 2.27. The molecule has 0 saturated carbocycles. The fraction of sp³-hybridized carbons (Fsp3) is 0.200. The summed E-state index contributed by atoms with van der Waals surface area (Å²) >= 11 is 3.46. The molecule has 0 aliphatic rings. The van der Waals surface area contributed by atoms with Crippen molar-refractivity contribution < 1.29 is 0 Å². The van der Waals surface area contributed by atoms with Crippen LogP contribution in [0.5, 0.6) is 0 Å². The Kier molecular flexibility index (Phi) is 4.97. The van der Waals surface area contributed by atoms with E-state index < -0.39 is 0 Å². The van der Waals surface area contributed by atoms with E-state index in [9.17, 15) is 0 Å². The zero-order chi connectivity index (χ0) is 14.4. The van der Waals surface area contributed by atoms with Gasteiger partial charge in [-0.05, 0) is 29.8 Å². The van der Waals surface area contributed by atoms with Crippen LogP contribution in [0.2, 0.25) is 0 Å². The molecule has 5 heteroatoms. The molecule has 0 radical (unpaired) electrons. The zero-order valence-electron chi connectivity index (χ0n) is 11.0. The number of nitrogen functional groups attached to an aromatic ring is 1. The fourth-order valence-corrected chi connectivity index (χ4v) is 2.32. The minimum atomic E-state index is 0.451. The van der Waals surface area contributed by atoms with Gasteiger partial charge in [0.1, 0.15) is 0 Å². The third-order valence-corrected chi connectivity index (χ3v) is 3.42. The van der Waals surface area contributed by atoms with Gasteiger partial charge >= 0.3 is 0 Å². The number of nitriles is 1. The second-order valence-electron chi connectivity index (χ2n) is 4.39. The highest BCUT2D eigenvalue weighted by molar-refractivity contribution is 9.10. The van der Waals surface area contributed by atoms with E-state index in [0.29, 0.717) is 25.2 Å². The zero-order valence-corrected chi connectivity index (χ0v) is 12.5. The molecule has 1 aromatic carbocycles. The molecule has 0 spiro atoms. The molecule has 1 aromatic heterocycles. The molecule has 0 bridgehead atoms. The van der Waals surface area contributed by atoms with Crippen LogP contribution in [0.1, 0.15) is 12.0 Å². The van der Waals surface area contributed by atoms with E-state index >= 15 is 0 Å². The van der Waals surface area contributed by atoms with Crippen LogP contribution in [0.4, 0.5) is 11.4 Å². The highest BCUT2D eigenvalue weighted by Crippen LogP contribution is 2.28. The molecule has 0 aliphatic carbocycles. The normalized spacial score (nSPS) is 10.0. The molecule has 4 nitrogen and oxygen atoms in total. The molecule has 20 heavy (non-hydrogen) atoms. The molecule has 0 aliphatic heterocycles. The number of rotatable bonds is 5. The van der Waals surface area contributed by atoms with Gasteiger partial charge in [0.2, 0.25) is 0 Å². The second-order valence-corrected chi connectivity index (χ2v) is 5.31. The molecule has 2 rings (SSSR count). The predicted molar refractivity (Wildman–Crippen MR) is 84.1 cm³/mol. The first-order chi connectivity index (χ1) is 9.70. The van der Waals surface area contributed by atoms with Gasteiger partial charge in [-0.2, -0.15) is 5.26 Å². The van der Waals surface area contributed by atoms with Gasteiger partial charge in [0.15, 0.2) is 0 Å². The summed E-state index contributed by atoms with van der Waals surface area (Å²) in [6, 6.07) is 11.8. The van der Waals surface area contributed by atoms with Gasteiger partial charge in [-0.25, -0.2) is 0 Å². The summed E-state index contributed by atoms with van der Waals surface area (Å²) in [5.74, 6) is 0. The molecule has 0 saturated heterocycles. The van der Waals surface area contributed by atoms with E-state index in [-0.39, 0.29) is 0 Å². The van der Waals surface area contributed by atoms with Gasteiger partial charge in [0, 0.05) is 30.0 Å². The van der Waals surface area contributed by atoms with Crippen molar-refractivity contribution in [3.8, 4) is 6.07 Å². The Labute approximate surface area is 127 Å². The van der Waals surface area contributed by atoms with Crippen LogP contribution < -0.4 is 10.6 Å². The van der Waals surface area contributed by atoms with Crippen molar-refractivity contribution in [2.45, 2.75) is 13.0 Å². The lowest BCUT2D eigenvalue weighted by atomic mass is 10.2. The average Bonchev–Trinajstić information content (AvgIpc) is 2.47. The first-order valence-corrected chi connectivity index (χ1v) is 7.06.